The predicted octanol–water partition coefficient (Wildman–Crippen LogP) is 5.85. The molecule has 0 fully saturated rings. The van der Waals surface area contributed by atoms with Crippen molar-refractivity contribution in [2.24, 2.45) is 0 Å². The zero-order valence-corrected chi connectivity index (χ0v) is 19.8. The Labute approximate surface area is 194 Å². The van der Waals surface area contributed by atoms with Crippen molar-refractivity contribution in [3.8, 4) is 28.5 Å². The zero-order chi connectivity index (χ0) is 22.9. The molecule has 0 N–H and O–H groups in total. The van der Waals surface area contributed by atoms with Gasteiger partial charge in [-0.2, -0.15) is 0 Å². The first-order chi connectivity index (χ1) is 16.2. The molecule has 170 valence electrons. The summed E-state index contributed by atoms with van der Waals surface area (Å²) in [6.45, 7) is 7.66. The minimum atomic E-state index is 0.536. The maximum absolute atomic E-state index is 5.83. The number of hydrogen-bond donors (Lipinski definition) is 0. The number of fused-ring (bicyclic) bond motifs is 5. The molecule has 0 spiro atoms. The molecule has 33 heavy (non-hydrogen) atoms. The minimum Gasteiger partial charge on any atom is -0.493 e. The third-order valence-electron chi connectivity index (χ3n) is 6.62. The lowest BCUT2D eigenvalue weighted by atomic mass is 9.89. The fourth-order valence-electron chi connectivity index (χ4n) is 4.98. The van der Waals surface area contributed by atoms with Crippen molar-refractivity contribution in [1.82, 2.24) is 9.88 Å². The van der Waals surface area contributed by atoms with Gasteiger partial charge in [-0.3, -0.25) is 4.90 Å². The number of likely N-dealkylation sites (N-methyl/N-ethyl adjacent to an activating group) is 1. The summed E-state index contributed by atoms with van der Waals surface area (Å²) in [5.74, 6) is 1.94. The van der Waals surface area contributed by atoms with Crippen LogP contribution in [0.4, 0.5) is 0 Å². The average molecular weight is 443 g/mol. The van der Waals surface area contributed by atoms with Crippen molar-refractivity contribution >= 4 is 21.7 Å². The van der Waals surface area contributed by atoms with Crippen LogP contribution in [-0.2, 0) is 13.0 Å². The smallest absolute Gasteiger partial charge is 0.203 e. The number of nitrogens with zero attached hydrogens (tertiary/aromatic N) is 2. The van der Waals surface area contributed by atoms with E-state index in [-0.39, 0.29) is 0 Å². The van der Waals surface area contributed by atoms with Crippen LogP contribution in [0.3, 0.4) is 0 Å². The Hall–Kier alpha value is -3.31. The second-order valence-electron chi connectivity index (χ2n) is 8.36. The molecule has 0 unspecified atom stereocenters. The second-order valence-corrected chi connectivity index (χ2v) is 8.36. The lowest BCUT2D eigenvalue weighted by Crippen LogP contribution is -2.31. The third-order valence-corrected chi connectivity index (χ3v) is 6.62. The Morgan fingerprint density at radius 1 is 0.939 bits per heavy atom. The molecule has 2 heterocycles. The normalized spacial score (nSPS) is 13.8. The van der Waals surface area contributed by atoms with Gasteiger partial charge in [-0.1, -0.05) is 37.3 Å². The summed E-state index contributed by atoms with van der Waals surface area (Å²) in [6, 6.07) is 17.0. The van der Waals surface area contributed by atoms with Gasteiger partial charge in [0.15, 0.2) is 11.5 Å². The monoisotopic (exact) mass is 442 g/mol. The van der Waals surface area contributed by atoms with Gasteiger partial charge in [0.2, 0.25) is 5.75 Å². The van der Waals surface area contributed by atoms with Crippen LogP contribution < -0.4 is 14.2 Å². The number of methoxy groups -OCH3 is 2. The van der Waals surface area contributed by atoms with E-state index >= 15 is 0 Å². The molecule has 5 rings (SSSR count). The van der Waals surface area contributed by atoms with Crippen LogP contribution in [0, 0.1) is 0 Å². The Balaban J connectivity index is 1.81. The molecule has 0 aliphatic carbocycles. The lowest BCUT2D eigenvalue weighted by Gasteiger charge is -2.30. The van der Waals surface area contributed by atoms with Gasteiger partial charge in [0.1, 0.15) is 0 Å². The van der Waals surface area contributed by atoms with Crippen LogP contribution in [0.2, 0.25) is 0 Å². The molecule has 1 aliphatic rings. The SMILES string of the molecule is CCOc1c(OC)cc(-c2nc3ccc4ccccc4c3c3c2CN(CC)CC3)cc1OC. The molecule has 5 heteroatoms. The van der Waals surface area contributed by atoms with E-state index in [2.05, 4.69) is 48.2 Å². The van der Waals surface area contributed by atoms with Gasteiger partial charge in [0, 0.05) is 24.0 Å². The lowest BCUT2D eigenvalue weighted by molar-refractivity contribution is 0.269. The molecular formula is C28H30N2O3. The standard InChI is InChI=1S/C28H30N2O3/c1-5-30-14-13-21-22(17-30)27(19-15-24(31-3)28(33-6-2)25(16-19)32-4)29-23-12-11-18-9-7-8-10-20(18)26(21)23/h7-12,15-16H,5-6,13-14,17H2,1-4H3. The van der Waals surface area contributed by atoms with E-state index in [1.807, 2.05) is 19.1 Å². The van der Waals surface area contributed by atoms with Gasteiger partial charge in [-0.25, -0.2) is 4.98 Å². The van der Waals surface area contributed by atoms with Gasteiger partial charge < -0.3 is 14.2 Å². The number of benzene rings is 3. The van der Waals surface area contributed by atoms with Gasteiger partial charge in [-0.05, 0) is 60.0 Å². The van der Waals surface area contributed by atoms with Crippen molar-refractivity contribution in [2.75, 3.05) is 33.9 Å². The number of hydrogen-bond acceptors (Lipinski definition) is 5. The molecule has 0 bridgehead atoms. The van der Waals surface area contributed by atoms with Crippen molar-refractivity contribution in [1.29, 1.82) is 0 Å². The van der Waals surface area contributed by atoms with Crippen LogP contribution in [0.15, 0.2) is 48.5 Å². The summed E-state index contributed by atoms with van der Waals surface area (Å²) in [5, 5.41) is 3.81. The fourth-order valence-corrected chi connectivity index (χ4v) is 4.98. The number of rotatable bonds is 6. The first kappa shape index (κ1) is 21.5. The Morgan fingerprint density at radius 2 is 1.70 bits per heavy atom. The molecule has 5 nitrogen and oxygen atoms in total. The maximum atomic E-state index is 5.83. The van der Waals surface area contributed by atoms with E-state index in [9.17, 15) is 0 Å². The highest BCUT2D eigenvalue weighted by molar-refractivity contribution is 6.09. The number of pyridine rings is 1. The third kappa shape index (κ3) is 3.66. The molecule has 0 atom stereocenters. The number of ether oxygens (including phenoxy) is 3. The van der Waals surface area contributed by atoms with Crippen molar-refractivity contribution in [2.45, 2.75) is 26.8 Å². The molecule has 0 saturated carbocycles. The highest BCUT2D eigenvalue weighted by Crippen LogP contribution is 2.44. The van der Waals surface area contributed by atoms with Crippen molar-refractivity contribution < 1.29 is 14.2 Å². The average Bonchev–Trinajstić information content (AvgIpc) is 2.87. The molecule has 0 radical (unpaired) electrons. The molecule has 0 amide bonds. The van der Waals surface area contributed by atoms with Gasteiger partial charge >= 0.3 is 0 Å². The molecule has 0 saturated heterocycles. The fraction of sp³-hybridized carbons (Fsp3) is 0.321. The quantitative estimate of drug-likeness (QED) is 0.351. The van der Waals surface area contributed by atoms with E-state index < -0.39 is 0 Å². The van der Waals surface area contributed by atoms with Crippen molar-refractivity contribution in [3.05, 3.63) is 59.7 Å². The first-order valence-corrected chi connectivity index (χ1v) is 11.6. The summed E-state index contributed by atoms with van der Waals surface area (Å²) in [4.78, 5) is 7.71. The van der Waals surface area contributed by atoms with Crippen LogP contribution in [0.1, 0.15) is 25.0 Å². The Morgan fingerprint density at radius 3 is 2.39 bits per heavy atom. The van der Waals surface area contributed by atoms with E-state index in [4.69, 9.17) is 19.2 Å². The van der Waals surface area contributed by atoms with Crippen LogP contribution in [0.25, 0.3) is 32.9 Å². The van der Waals surface area contributed by atoms with E-state index in [1.165, 1.54) is 27.3 Å². The Kier molecular flexibility index (Phi) is 5.81. The highest BCUT2D eigenvalue weighted by atomic mass is 16.5. The minimum absolute atomic E-state index is 0.536. The largest absolute Gasteiger partial charge is 0.493 e. The summed E-state index contributed by atoms with van der Waals surface area (Å²) >= 11 is 0. The van der Waals surface area contributed by atoms with E-state index in [0.29, 0.717) is 23.9 Å². The van der Waals surface area contributed by atoms with Gasteiger partial charge in [0.25, 0.3) is 0 Å². The molecular weight excluding hydrogens is 412 g/mol. The summed E-state index contributed by atoms with van der Waals surface area (Å²) < 4.78 is 17.2. The zero-order valence-electron chi connectivity index (χ0n) is 19.8. The molecule has 3 aromatic carbocycles. The topological polar surface area (TPSA) is 43.8 Å². The molecule has 4 aromatic rings. The molecule has 1 aliphatic heterocycles. The number of aromatic nitrogens is 1. The van der Waals surface area contributed by atoms with E-state index in [0.717, 1.165) is 42.8 Å². The van der Waals surface area contributed by atoms with Crippen LogP contribution in [0.5, 0.6) is 17.2 Å². The summed E-state index contributed by atoms with van der Waals surface area (Å²) in [6.07, 6.45) is 1.01. The second kappa shape index (κ2) is 8.91. The summed E-state index contributed by atoms with van der Waals surface area (Å²) in [7, 11) is 3.32. The highest BCUT2D eigenvalue weighted by Gasteiger charge is 2.25. The Bertz CT molecular complexity index is 1310. The van der Waals surface area contributed by atoms with Crippen LogP contribution >= 0.6 is 0 Å². The van der Waals surface area contributed by atoms with Crippen LogP contribution in [-0.4, -0.2) is 43.8 Å². The maximum Gasteiger partial charge on any atom is 0.203 e. The van der Waals surface area contributed by atoms with Crippen molar-refractivity contribution in [3.63, 3.8) is 0 Å². The first-order valence-electron chi connectivity index (χ1n) is 11.6. The molecule has 1 aromatic heterocycles. The predicted molar refractivity (Wildman–Crippen MR) is 134 cm³/mol. The summed E-state index contributed by atoms with van der Waals surface area (Å²) in [5.41, 5.74) is 5.70. The van der Waals surface area contributed by atoms with E-state index in [1.54, 1.807) is 14.2 Å². The van der Waals surface area contributed by atoms with Gasteiger partial charge in [-0.15, -0.1) is 0 Å². The van der Waals surface area contributed by atoms with Gasteiger partial charge in [0.05, 0.1) is 32.0 Å².